The van der Waals surface area contributed by atoms with E-state index < -0.39 is 17.6 Å². The van der Waals surface area contributed by atoms with E-state index in [2.05, 4.69) is 42.0 Å². The lowest BCUT2D eigenvalue weighted by Crippen LogP contribution is -3.00. The van der Waals surface area contributed by atoms with Gasteiger partial charge in [-0.3, -0.25) is 0 Å². The maximum absolute atomic E-state index is 8.25. The molecule has 0 unspecified atom stereocenters. The molecule has 12 heteroatoms. The Morgan fingerprint density at radius 2 is 0.528 bits per heavy atom. The highest BCUT2D eigenvalue weighted by Gasteiger charge is 2.38. The van der Waals surface area contributed by atoms with Crippen molar-refractivity contribution in [3.8, 4) is 0 Å². The fourth-order valence-corrected chi connectivity index (χ4v) is 10.2. The molecule has 0 radical (unpaired) electrons. The third-order valence-electron chi connectivity index (χ3n) is 10.6. The number of unbranched alkanes of at least 4 members (excludes halogenated alkanes) is 18. The molecule has 53 heavy (non-hydrogen) atoms. The van der Waals surface area contributed by atoms with Crippen molar-refractivity contribution in [2.75, 3.05) is 104 Å². The average Bonchev–Trinajstić information content (AvgIpc) is 3.15. The first-order chi connectivity index (χ1) is 24.9. The molecular formula is C41H95ClN2O7Si2. The van der Waals surface area contributed by atoms with E-state index in [0.29, 0.717) is 0 Å². The number of quaternary nitrogens is 2. The molecule has 0 rings (SSSR count). The molecule has 0 bridgehead atoms. The molecule has 0 aliphatic heterocycles. The molecule has 0 spiro atoms. The summed E-state index contributed by atoms with van der Waals surface area (Å²) < 4.78 is 35.2. The van der Waals surface area contributed by atoms with Gasteiger partial charge in [0.15, 0.2) is 0 Å². The summed E-state index contributed by atoms with van der Waals surface area (Å²) in [7, 11) is 15.5. The first-order valence-electron chi connectivity index (χ1n) is 21.3. The summed E-state index contributed by atoms with van der Waals surface area (Å²) >= 11 is 0. The zero-order chi connectivity index (χ0) is 40.0. The minimum Gasteiger partial charge on any atom is -1.00 e. The third-order valence-corrected chi connectivity index (χ3v) is 16.3. The van der Waals surface area contributed by atoms with E-state index in [0.717, 1.165) is 54.1 Å². The summed E-state index contributed by atoms with van der Waals surface area (Å²) in [6.45, 7) is 9.40. The van der Waals surface area contributed by atoms with Crippen LogP contribution in [0, 0.1) is 0 Å². The van der Waals surface area contributed by atoms with Gasteiger partial charge in [-0.15, -0.1) is 0 Å². The highest BCUT2D eigenvalue weighted by atomic mass is 35.5. The summed E-state index contributed by atoms with van der Waals surface area (Å²) in [4.78, 5) is 0. The van der Waals surface area contributed by atoms with Crippen LogP contribution in [0.4, 0.5) is 0 Å². The second-order valence-electron chi connectivity index (χ2n) is 15.9. The number of halogens is 1. The van der Waals surface area contributed by atoms with Gasteiger partial charge in [0.25, 0.3) is 0 Å². The average molecular weight is 820 g/mol. The van der Waals surface area contributed by atoms with Gasteiger partial charge in [0, 0.05) is 67.6 Å². The van der Waals surface area contributed by atoms with Gasteiger partial charge in [-0.1, -0.05) is 117 Å². The second-order valence-corrected chi connectivity index (χ2v) is 22.1. The van der Waals surface area contributed by atoms with Crippen LogP contribution in [-0.4, -0.2) is 131 Å². The maximum Gasteiger partial charge on any atom is 0.500 e. The lowest BCUT2D eigenvalue weighted by Gasteiger charge is -2.31. The van der Waals surface area contributed by atoms with Gasteiger partial charge in [-0.25, -0.2) is 0 Å². The topological polar surface area (TPSA) is 78.4 Å². The van der Waals surface area contributed by atoms with Gasteiger partial charge < -0.3 is 53.0 Å². The highest BCUT2D eigenvalue weighted by Crippen LogP contribution is 2.19. The second kappa shape index (κ2) is 40.6. The molecular weight excluding hydrogens is 724 g/mol. The van der Waals surface area contributed by atoms with Crippen molar-refractivity contribution in [3.05, 3.63) is 0 Å². The van der Waals surface area contributed by atoms with Crippen molar-refractivity contribution in [2.45, 2.75) is 167 Å². The van der Waals surface area contributed by atoms with Crippen LogP contribution in [-0.2, 0) is 26.6 Å². The van der Waals surface area contributed by atoms with Gasteiger partial charge in [0.05, 0.1) is 54.4 Å². The minimum atomic E-state index is -2.39. The Kier molecular flexibility index (Phi) is 45.9. The number of hydrogen-bond donors (Lipinski definition) is 0. The van der Waals surface area contributed by atoms with Crippen molar-refractivity contribution < 1.29 is 53.0 Å². The summed E-state index contributed by atoms with van der Waals surface area (Å²) in [5.74, 6) is 0. The van der Waals surface area contributed by atoms with Crippen LogP contribution >= 0.6 is 0 Å². The predicted molar refractivity (Wildman–Crippen MR) is 226 cm³/mol. The van der Waals surface area contributed by atoms with E-state index in [1.165, 1.54) is 142 Å². The molecule has 0 saturated heterocycles. The SMILES string of the molecule is CCCCCCCCCCCC[N+](C)(C)CCC[Si](OC)(OC)OC.CCCCCCCCCCCC[N+](C)(C)CCC[Si](OC)(OC)OC.C[O-].[Cl-]. The lowest BCUT2D eigenvalue weighted by atomic mass is 10.1. The normalized spacial score (nSPS) is 12.1. The van der Waals surface area contributed by atoms with Crippen LogP contribution < -0.4 is 17.5 Å². The Bertz CT molecular complexity index is 645. The van der Waals surface area contributed by atoms with Crippen LogP contribution in [0.1, 0.15) is 155 Å². The Morgan fingerprint density at radius 1 is 0.340 bits per heavy atom. The van der Waals surface area contributed by atoms with Crippen LogP contribution in [0.25, 0.3) is 0 Å². The highest BCUT2D eigenvalue weighted by molar-refractivity contribution is 6.60. The number of hydrogen-bond acceptors (Lipinski definition) is 7. The van der Waals surface area contributed by atoms with Crippen LogP contribution in [0.3, 0.4) is 0 Å². The first kappa shape index (κ1) is 60.0. The predicted octanol–water partition coefficient (Wildman–Crippen LogP) is 6.48. The lowest BCUT2D eigenvalue weighted by molar-refractivity contribution is -0.890. The largest absolute Gasteiger partial charge is 1.00 e. The van der Waals surface area contributed by atoms with Gasteiger partial charge >= 0.3 is 17.6 Å². The Morgan fingerprint density at radius 3 is 0.736 bits per heavy atom. The fraction of sp³-hybridized carbons (Fsp3) is 1.00. The van der Waals surface area contributed by atoms with E-state index in [-0.39, 0.29) is 12.4 Å². The van der Waals surface area contributed by atoms with E-state index >= 15 is 0 Å². The van der Waals surface area contributed by atoms with Gasteiger partial charge in [-0.2, -0.15) is 7.11 Å². The smallest absolute Gasteiger partial charge is 0.500 e. The quantitative estimate of drug-likeness (QED) is 0.0407. The van der Waals surface area contributed by atoms with E-state index in [1.54, 1.807) is 42.7 Å². The third kappa shape index (κ3) is 36.5. The van der Waals surface area contributed by atoms with Crippen LogP contribution in [0.15, 0.2) is 0 Å². The molecule has 0 aliphatic carbocycles. The standard InChI is InChI=1S/2C20H46NO3Si.CH3O.ClH/c2*1-7-8-9-10-11-12-13-14-15-16-18-21(2,3)19-17-20-25(22-4,23-5)24-6;1-2;/h2*7-20H2,1-6H3;1H3;1H/q2*+1;-1;/p-1. The van der Waals surface area contributed by atoms with Crippen LogP contribution in [0.5, 0.6) is 0 Å². The number of nitrogens with zero attached hydrogens (tertiary/aromatic N) is 2. The summed E-state index contributed by atoms with van der Waals surface area (Å²) in [6.07, 6.45) is 30.2. The molecule has 0 aromatic rings. The molecule has 0 fully saturated rings. The van der Waals surface area contributed by atoms with Gasteiger partial charge in [0.2, 0.25) is 0 Å². The molecule has 326 valence electrons. The van der Waals surface area contributed by atoms with Crippen molar-refractivity contribution in [2.24, 2.45) is 0 Å². The molecule has 0 saturated carbocycles. The van der Waals surface area contributed by atoms with Crippen LogP contribution in [0.2, 0.25) is 12.1 Å². The van der Waals surface area contributed by atoms with Gasteiger partial charge in [0.1, 0.15) is 0 Å². The Labute approximate surface area is 340 Å². The number of rotatable bonds is 36. The van der Waals surface area contributed by atoms with E-state index in [4.69, 9.17) is 31.7 Å². The molecule has 0 aliphatic rings. The Balaban J connectivity index is -0.000000425. The first-order valence-corrected chi connectivity index (χ1v) is 25.1. The van der Waals surface area contributed by atoms with Crippen molar-refractivity contribution in [1.82, 2.24) is 0 Å². The Hall–Kier alpha value is 0.364. The molecule has 0 atom stereocenters. The minimum absolute atomic E-state index is 0. The van der Waals surface area contributed by atoms with Crippen molar-refractivity contribution >= 4 is 17.6 Å². The molecule has 0 aromatic carbocycles. The maximum atomic E-state index is 8.25. The van der Waals surface area contributed by atoms with E-state index in [1.807, 2.05) is 0 Å². The van der Waals surface area contributed by atoms with Gasteiger partial charge in [-0.05, 0) is 25.7 Å². The monoisotopic (exact) mass is 819 g/mol. The van der Waals surface area contributed by atoms with Crippen molar-refractivity contribution in [3.63, 3.8) is 0 Å². The zero-order valence-electron chi connectivity index (χ0n) is 37.9. The molecule has 0 N–H and O–H groups in total. The summed E-state index contributed by atoms with van der Waals surface area (Å²) in [6, 6.07) is 1.80. The van der Waals surface area contributed by atoms with Crippen molar-refractivity contribution in [1.29, 1.82) is 0 Å². The molecule has 0 heterocycles. The zero-order valence-corrected chi connectivity index (χ0v) is 40.7. The molecule has 0 aromatic heterocycles. The summed E-state index contributed by atoms with van der Waals surface area (Å²) in [5.41, 5.74) is 0. The fourth-order valence-electron chi connectivity index (χ4n) is 6.84. The molecule has 9 nitrogen and oxygen atoms in total. The summed E-state index contributed by atoms with van der Waals surface area (Å²) in [5, 5.41) is 8.25. The molecule has 0 amide bonds. The van der Waals surface area contributed by atoms with E-state index in [9.17, 15) is 0 Å².